The van der Waals surface area contributed by atoms with Gasteiger partial charge in [0.1, 0.15) is 12.4 Å². The number of methoxy groups -OCH3 is 1. The Morgan fingerprint density at radius 1 is 1.19 bits per heavy atom. The summed E-state index contributed by atoms with van der Waals surface area (Å²) >= 11 is 0. The number of nitrogens with one attached hydrogen (secondary N) is 1. The zero-order valence-electron chi connectivity index (χ0n) is 20.1. The van der Waals surface area contributed by atoms with Gasteiger partial charge >= 0.3 is 0 Å². The van der Waals surface area contributed by atoms with Gasteiger partial charge in [-0.1, -0.05) is 0 Å². The number of pyridine rings is 1. The van der Waals surface area contributed by atoms with Crippen LogP contribution in [-0.2, 0) is 22.6 Å². The zero-order chi connectivity index (χ0) is 25.5. The number of ether oxygens (including phenoxy) is 4. The van der Waals surface area contributed by atoms with Gasteiger partial charge in [0.05, 0.1) is 31.7 Å². The summed E-state index contributed by atoms with van der Waals surface area (Å²) in [5, 5.41) is 2.94. The second-order valence-electron chi connectivity index (χ2n) is 8.27. The second kappa shape index (κ2) is 11.9. The van der Waals surface area contributed by atoms with E-state index in [9.17, 15) is 13.6 Å². The van der Waals surface area contributed by atoms with E-state index < -0.39 is 11.6 Å². The number of hydrogen-bond donors (Lipinski definition) is 1. The molecule has 0 spiro atoms. The lowest BCUT2D eigenvalue weighted by Gasteiger charge is -2.22. The Hall–Kier alpha value is -3.57. The maximum atomic E-state index is 14.4. The molecule has 0 saturated carbocycles. The Kier molecular flexibility index (Phi) is 8.44. The summed E-state index contributed by atoms with van der Waals surface area (Å²) in [6.45, 7) is 2.66. The van der Waals surface area contributed by atoms with Crippen molar-refractivity contribution < 1.29 is 27.7 Å². The molecule has 1 saturated heterocycles. The number of halogens is 2. The van der Waals surface area contributed by atoms with E-state index in [4.69, 9.17) is 18.9 Å². The molecule has 192 valence electrons. The molecule has 1 atom stereocenters. The van der Waals surface area contributed by atoms with Gasteiger partial charge in [0.15, 0.2) is 23.6 Å². The minimum absolute atomic E-state index is 0.0593. The van der Waals surface area contributed by atoms with Crippen LogP contribution >= 0.6 is 0 Å². The van der Waals surface area contributed by atoms with E-state index in [1.165, 1.54) is 38.6 Å². The van der Waals surface area contributed by atoms with Gasteiger partial charge in [-0.05, 0) is 43.9 Å². The van der Waals surface area contributed by atoms with Crippen LogP contribution in [0.25, 0.3) is 0 Å². The van der Waals surface area contributed by atoms with Crippen LogP contribution in [-0.4, -0.2) is 41.1 Å². The third kappa shape index (κ3) is 6.35. The van der Waals surface area contributed by atoms with E-state index in [0.29, 0.717) is 25.4 Å². The second-order valence-corrected chi connectivity index (χ2v) is 8.27. The summed E-state index contributed by atoms with van der Waals surface area (Å²) in [7, 11) is 1.31. The first kappa shape index (κ1) is 25.5. The fraction of sp³-hybridized carbons (Fsp3) is 0.400. The van der Waals surface area contributed by atoms with Crippen molar-refractivity contribution >= 4 is 11.6 Å². The molecule has 3 aromatic rings. The van der Waals surface area contributed by atoms with Gasteiger partial charge in [0.25, 0.3) is 5.56 Å². The molecule has 1 N–H and O–H groups in total. The van der Waals surface area contributed by atoms with Crippen molar-refractivity contribution in [2.24, 2.45) is 0 Å². The van der Waals surface area contributed by atoms with Gasteiger partial charge in [-0.25, -0.2) is 18.7 Å². The predicted octanol–water partition coefficient (Wildman–Crippen LogP) is 4.10. The van der Waals surface area contributed by atoms with Gasteiger partial charge in [0.2, 0.25) is 5.95 Å². The molecule has 1 aliphatic heterocycles. The minimum atomic E-state index is -0.816. The number of aryl methyl sites for hydroxylation is 1. The summed E-state index contributed by atoms with van der Waals surface area (Å²) in [5.74, 6) is -1.13. The molecule has 0 aliphatic carbocycles. The van der Waals surface area contributed by atoms with E-state index >= 15 is 0 Å². The van der Waals surface area contributed by atoms with E-state index in [1.807, 2.05) is 0 Å². The Morgan fingerprint density at radius 2 is 2.00 bits per heavy atom. The molecule has 0 bridgehead atoms. The highest BCUT2D eigenvalue weighted by molar-refractivity contribution is 5.51. The van der Waals surface area contributed by atoms with Crippen LogP contribution in [0.1, 0.15) is 30.4 Å². The van der Waals surface area contributed by atoms with Gasteiger partial charge in [-0.2, -0.15) is 0 Å². The number of anilines is 2. The van der Waals surface area contributed by atoms with E-state index in [1.54, 1.807) is 16.8 Å². The molecule has 3 heterocycles. The average Bonchev–Trinajstić information content (AvgIpc) is 2.89. The van der Waals surface area contributed by atoms with Crippen molar-refractivity contribution in [1.29, 1.82) is 0 Å². The van der Waals surface area contributed by atoms with E-state index in [-0.39, 0.29) is 47.0 Å². The third-order valence-electron chi connectivity index (χ3n) is 5.70. The molecule has 36 heavy (non-hydrogen) atoms. The Balaban J connectivity index is 1.31. The van der Waals surface area contributed by atoms with Gasteiger partial charge in [0, 0.05) is 31.1 Å². The number of rotatable bonds is 10. The van der Waals surface area contributed by atoms with Gasteiger partial charge < -0.3 is 28.8 Å². The summed E-state index contributed by atoms with van der Waals surface area (Å²) in [6.07, 6.45) is 7.20. The van der Waals surface area contributed by atoms with Crippen LogP contribution in [0.15, 0.2) is 41.6 Å². The van der Waals surface area contributed by atoms with E-state index in [2.05, 4.69) is 15.3 Å². The number of aromatic nitrogens is 3. The molecule has 9 nitrogen and oxygen atoms in total. The lowest BCUT2D eigenvalue weighted by atomic mass is 10.1. The van der Waals surface area contributed by atoms with E-state index in [0.717, 1.165) is 19.3 Å². The molecule has 1 aliphatic rings. The first-order chi connectivity index (χ1) is 17.4. The molecular weight excluding hydrogens is 474 g/mol. The largest absolute Gasteiger partial charge is 0.494 e. The molecule has 4 rings (SSSR count). The smallest absolute Gasteiger partial charge is 0.252 e. The number of nitrogens with zero attached hydrogens (tertiary/aromatic N) is 3. The molecule has 1 aromatic carbocycles. The SMILES string of the molecule is COc1cc(C)c(F)c(COc2cnc(Nc3ccn(CCOC4CCCCO4)c(=O)c3)nc2)c1F. The lowest BCUT2D eigenvalue weighted by Crippen LogP contribution is -2.26. The zero-order valence-corrected chi connectivity index (χ0v) is 20.1. The number of benzene rings is 1. The summed E-state index contributed by atoms with van der Waals surface area (Å²) in [6, 6.07) is 4.45. The van der Waals surface area contributed by atoms with Gasteiger partial charge in [-0.3, -0.25) is 4.79 Å². The van der Waals surface area contributed by atoms with Crippen molar-refractivity contribution in [2.75, 3.05) is 25.6 Å². The van der Waals surface area contributed by atoms with Crippen molar-refractivity contribution in [3.05, 3.63) is 69.9 Å². The quantitative estimate of drug-likeness (QED) is 0.443. The third-order valence-corrected chi connectivity index (χ3v) is 5.70. The highest BCUT2D eigenvalue weighted by atomic mass is 19.1. The maximum Gasteiger partial charge on any atom is 0.252 e. The van der Waals surface area contributed by atoms with Crippen LogP contribution in [0, 0.1) is 18.6 Å². The molecule has 2 aromatic heterocycles. The Bertz CT molecular complexity index is 1230. The van der Waals surface area contributed by atoms with Crippen molar-refractivity contribution in [1.82, 2.24) is 14.5 Å². The van der Waals surface area contributed by atoms with Crippen molar-refractivity contribution in [3.8, 4) is 11.5 Å². The predicted molar refractivity (Wildman–Crippen MR) is 128 cm³/mol. The molecule has 11 heteroatoms. The molecule has 0 radical (unpaired) electrons. The fourth-order valence-electron chi connectivity index (χ4n) is 3.72. The highest BCUT2D eigenvalue weighted by Crippen LogP contribution is 2.27. The summed E-state index contributed by atoms with van der Waals surface area (Å²) in [4.78, 5) is 20.7. The Labute approximate surface area is 207 Å². The summed E-state index contributed by atoms with van der Waals surface area (Å²) in [5.41, 5.74) is 0.310. The average molecular weight is 503 g/mol. The molecule has 1 unspecified atom stereocenters. The van der Waals surface area contributed by atoms with Crippen molar-refractivity contribution in [2.45, 2.75) is 45.6 Å². The lowest BCUT2D eigenvalue weighted by molar-refractivity contribution is -0.163. The molecular formula is C25H28F2N4O5. The normalized spacial score (nSPS) is 15.5. The minimum Gasteiger partial charge on any atom is -0.494 e. The molecule has 1 fully saturated rings. The standard InChI is InChI=1S/C25H28F2N4O5/c1-16-11-20(33-2)24(27)19(23(16)26)15-36-18-13-28-25(29-14-18)30-17-6-7-31(21(32)12-17)8-10-35-22-5-3-4-9-34-22/h6-7,11-14,22H,3-5,8-10,15H2,1-2H3,(H,28,29,30). The van der Waals surface area contributed by atoms with Crippen LogP contribution in [0.2, 0.25) is 0 Å². The first-order valence-corrected chi connectivity index (χ1v) is 11.6. The number of hydrogen-bond acceptors (Lipinski definition) is 8. The highest BCUT2D eigenvalue weighted by Gasteiger charge is 2.18. The topological polar surface area (TPSA) is 96.7 Å². The van der Waals surface area contributed by atoms with Crippen LogP contribution in [0.4, 0.5) is 20.4 Å². The van der Waals surface area contributed by atoms with Crippen LogP contribution in [0.5, 0.6) is 11.5 Å². The molecule has 0 amide bonds. The van der Waals surface area contributed by atoms with Crippen LogP contribution in [0.3, 0.4) is 0 Å². The van der Waals surface area contributed by atoms with Crippen LogP contribution < -0.4 is 20.3 Å². The summed E-state index contributed by atoms with van der Waals surface area (Å²) < 4.78 is 51.9. The monoisotopic (exact) mass is 502 g/mol. The first-order valence-electron chi connectivity index (χ1n) is 11.6. The van der Waals surface area contributed by atoms with Gasteiger partial charge in [-0.15, -0.1) is 0 Å². The maximum absolute atomic E-state index is 14.4. The van der Waals surface area contributed by atoms with Crippen molar-refractivity contribution in [3.63, 3.8) is 0 Å². The Morgan fingerprint density at radius 3 is 2.69 bits per heavy atom. The fourth-order valence-corrected chi connectivity index (χ4v) is 3.72.